The van der Waals surface area contributed by atoms with Gasteiger partial charge in [0.25, 0.3) is 0 Å². The maximum absolute atomic E-state index is 11.1. The van der Waals surface area contributed by atoms with E-state index in [0.717, 1.165) is 6.42 Å². The molecule has 1 aliphatic heterocycles. The molecule has 0 aromatic carbocycles. The van der Waals surface area contributed by atoms with Gasteiger partial charge >= 0.3 is 5.97 Å². The van der Waals surface area contributed by atoms with Gasteiger partial charge < -0.3 is 14.9 Å². The van der Waals surface area contributed by atoms with Gasteiger partial charge in [0.05, 0.1) is 17.0 Å². The number of aliphatic hydroxyl groups is 1. The lowest BCUT2D eigenvalue weighted by molar-refractivity contribution is -0.0283. The van der Waals surface area contributed by atoms with Crippen LogP contribution in [0.3, 0.4) is 0 Å². The van der Waals surface area contributed by atoms with E-state index in [1.807, 2.05) is 6.92 Å². The number of thiophene rings is 1. The quantitative estimate of drug-likeness (QED) is 0.865. The molecule has 2 atom stereocenters. The maximum Gasteiger partial charge on any atom is 0.336 e. The van der Waals surface area contributed by atoms with Gasteiger partial charge in [-0.15, -0.1) is 11.3 Å². The highest BCUT2D eigenvalue weighted by molar-refractivity contribution is 7.10. The van der Waals surface area contributed by atoms with Crippen molar-refractivity contribution >= 4 is 17.3 Å². The summed E-state index contributed by atoms with van der Waals surface area (Å²) in [5, 5.41) is 21.6. The van der Waals surface area contributed by atoms with E-state index in [1.165, 1.54) is 11.3 Å². The highest BCUT2D eigenvalue weighted by Gasteiger charge is 2.42. The lowest BCUT2D eigenvalue weighted by Crippen LogP contribution is -2.35. The van der Waals surface area contributed by atoms with Crippen molar-refractivity contribution in [2.24, 2.45) is 5.92 Å². The number of hydrogen-bond donors (Lipinski definition) is 2. The summed E-state index contributed by atoms with van der Waals surface area (Å²) in [5.74, 6) is -0.990. The molecule has 0 saturated carbocycles. The second-order valence-corrected chi connectivity index (χ2v) is 5.22. The molecule has 1 aromatic rings. The number of carbonyl (C=O) groups is 1. The van der Waals surface area contributed by atoms with Crippen molar-refractivity contribution in [3.05, 3.63) is 21.9 Å². The van der Waals surface area contributed by atoms with Crippen LogP contribution >= 0.6 is 11.3 Å². The van der Waals surface area contributed by atoms with Crippen LogP contribution < -0.4 is 0 Å². The molecule has 0 amide bonds. The molecule has 4 nitrogen and oxygen atoms in total. The molecule has 1 saturated heterocycles. The van der Waals surface area contributed by atoms with Crippen LogP contribution in [0.1, 0.15) is 35.0 Å². The van der Waals surface area contributed by atoms with Gasteiger partial charge in [-0.05, 0) is 24.3 Å². The van der Waals surface area contributed by atoms with Crippen molar-refractivity contribution in [3.63, 3.8) is 0 Å². The Hall–Kier alpha value is -0.910. The Balaban J connectivity index is 2.39. The van der Waals surface area contributed by atoms with Crippen LogP contribution in [0.5, 0.6) is 0 Å². The van der Waals surface area contributed by atoms with E-state index >= 15 is 0 Å². The molecule has 1 fully saturated rings. The van der Waals surface area contributed by atoms with E-state index in [0.29, 0.717) is 24.5 Å². The maximum atomic E-state index is 11.1. The van der Waals surface area contributed by atoms with E-state index in [9.17, 15) is 9.90 Å². The van der Waals surface area contributed by atoms with Crippen LogP contribution in [-0.4, -0.2) is 29.4 Å². The molecule has 94 valence electrons. The normalized spacial score (nSPS) is 23.5. The summed E-state index contributed by atoms with van der Waals surface area (Å²) in [6.07, 6.45) is 1.28. The summed E-state index contributed by atoms with van der Waals surface area (Å²) in [4.78, 5) is 11.7. The lowest BCUT2D eigenvalue weighted by atomic mass is 9.82. The Morgan fingerprint density at radius 3 is 3.00 bits per heavy atom. The Labute approximate surface area is 104 Å². The fourth-order valence-electron chi connectivity index (χ4n) is 2.36. The van der Waals surface area contributed by atoms with Crippen LogP contribution in [0, 0.1) is 5.92 Å². The summed E-state index contributed by atoms with van der Waals surface area (Å²) >= 11 is 1.31. The first kappa shape index (κ1) is 12.5. The number of hydrogen-bond acceptors (Lipinski definition) is 4. The van der Waals surface area contributed by atoms with Crippen LogP contribution in [0.2, 0.25) is 0 Å². The van der Waals surface area contributed by atoms with Crippen molar-refractivity contribution in [2.75, 3.05) is 13.2 Å². The highest BCUT2D eigenvalue weighted by atomic mass is 32.1. The van der Waals surface area contributed by atoms with Crippen LogP contribution in [0.4, 0.5) is 0 Å². The monoisotopic (exact) mass is 256 g/mol. The first-order chi connectivity index (χ1) is 8.09. The number of rotatable bonds is 4. The minimum absolute atomic E-state index is 0.00995. The molecule has 2 rings (SSSR count). The summed E-state index contributed by atoms with van der Waals surface area (Å²) < 4.78 is 5.30. The standard InChI is InChI=1S/C12H16O4S/c1-2-12(15,8-3-5-16-7-8)10-9(11(13)14)4-6-17-10/h4,6,8,15H,2-3,5,7H2,1H3,(H,13,14). The number of carboxylic acid groups (broad SMARTS) is 1. The zero-order valence-electron chi connectivity index (χ0n) is 9.68. The third kappa shape index (κ3) is 2.10. The molecular formula is C12H16O4S. The molecule has 0 bridgehead atoms. The smallest absolute Gasteiger partial charge is 0.336 e. The van der Waals surface area contributed by atoms with Crippen molar-refractivity contribution in [3.8, 4) is 0 Å². The molecule has 1 aromatic heterocycles. The molecule has 0 spiro atoms. The number of aromatic carboxylic acids is 1. The molecule has 2 heterocycles. The van der Waals surface area contributed by atoms with Gasteiger partial charge in [0.15, 0.2) is 0 Å². The molecule has 5 heteroatoms. The van der Waals surface area contributed by atoms with Gasteiger partial charge in [-0.2, -0.15) is 0 Å². The third-order valence-electron chi connectivity index (χ3n) is 3.43. The molecule has 17 heavy (non-hydrogen) atoms. The first-order valence-corrected chi connectivity index (χ1v) is 6.59. The fourth-order valence-corrected chi connectivity index (χ4v) is 3.50. The summed E-state index contributed by atoms with van der Waals surface area (Å²) in [6, 6.07) is 1.55. The second kappa shape index (κ2) is 4.76. The third-order valence-corrected chi connectivity index (χ3v) is 4.51. The van der Waals surface area contributed by atoms with Gasteiger partial charge in [0, 0.05) is 12.5 Å². The minimum Gasteiger partial charge on any atom is -0.478 e. The Kier molecular flexibility index (Phi) is 3.51. The zero-order valence-corrected chi connectivity index (χ0v) is 10.5. The molecule has 0 aliphatic carbocycles. The van der Waals surface area contributed by atoms with Gasteiger partial charge in [0.1, 0.15) is 5.60 Å². The van der Waals surface area contributed by atoms with Crippen molar-refractivity contribution in [1.29, 1.82) is 0 Å². The van der Waals surface area contributed by atoms with Crippen LogP contribution in [0.15, 0.2) is 11.4 Å². The highest BCUT2D eigenvalue weighted by Crippen LogP contribution is 2.41. The van der Waals surface area contributed by atoms with E-state index in [4.69, 9.17) is 9.84 Å². The summed E-state index contributed by atoms with van der Waals surface area (Å²) in [7, 11) is 0. The number of ether oxygens (including phenoxy) is 1. The van der Waals surface area contributed by atoms with E-state index in [2.05, 4.69) is 0 Å². The van der Waals surface area contributed by atoms with E-state index < -0.39 is 11.6 Å². The van der Waals surface area contributed by atoms with Gasteiger partial charge in [-0.3, -0.25) is 0 Å². The average molecular weight is 256 g/mol. The molecule has 2 unspecified atom stereocenters. The minimum atomic E-state index is -1.07. The second-order valence-electron chi connectivity index (χ2n) is 4.31. The predicted octanol–water partition coefficient (Wildman–Crippen LogP) is 2.08. The SMILES string of the molecule is CCC(O)(c1sccc1C(=O)O)C1CCOC1. The van der Waals surface area contributed by atoms with Gasteiger partial charge in [-0.1, -0.05) is 6.92 Å². The number of carboxylic acids is 1. The topological polar surface area (TPSA) is 66.8 Å². The van der Waals surface area contributed by atoms with E-state index in [1.54, 1.807) is 11.4 Å². The largest absolute Gasteiger partial charge is 0.478 e. The Bertz CT molecular complexity index is 408. The molecular weight excluding hydrogens is 240 g/mol. The fraction of sp³-hybridized carbons (Fsp3) is 0.583. The average Bonchev–Trinajstić information content (AvgIpc) is 2.98. The first-order valence-electron chi connectivity index (χ1n) is 5.71. The summed E-state index contributed by atoms with van der Waals surface area (Å²) in [5.41, 5.74) is -0.857. The zero-order chi connectivity index (χ0) is 12.5. The van der Waals surface area contributed by atoms with E-state index in [-0.39, 0.29) is 11.5 Å². The van der Waals surface area contributed by atoms with Crippen LogP contribution in [0.25, 0.3) is 0 Å². The van der Waals surface area contributed by atoms with Gasteiger partial charge in [0.2, 0.25) is 0 Å². The van der Waals surface area contributed by atoms with Crippen molar-refractivity contribution < 1.29 is 19.7 Å². The molecule has 0 radical (unpaired) electrons. The summed E-state index contributed by atoms with van der Waals surface area (Å²) in [6.45, 7) is 3.02. The van der Waals surface area contributed by atoms with Gasteiger partial charge in [-0.25, -0.2) is 4.79 Å². The lowest BCUT2D eigenvalue weighted by Gasteiger charge is -2.32. The van der Waals surface area contributed by atoms with Crippen molar-refractivity contribution in [1.82, 2.24) is 0 Å². The molecule has 2 N–H and O–H groups in total. The molecule has 1 aliphatic rings. The Morgan fingerprint density at radius 2 is 2.47 bits per heavy atom. The Morgan fingerprint density at radius 1 is 1.71 bits per heavy atom. The van der Waals surface area contributed by atoms with Crippen molar-refractivity contribution in [2.45, 2.75) is 25.4 Å². The van der Waals surface area contributed by atoms with Crippen LogP contribution in [-0.2, 0) is 10.3 Å². The predicted molar refractivity (Wildman–Crippen MR) is 64.4 cm³/mol.